The third-order valence-electron chi connectivity index (χ3n) is 4.00. The standard InChI is InChI=1S/C18H16FN3O4S/c1-22-10-9-20-17(22)16(14-7-2-3-8-15(14)19)21-27(25,26)13-6-4-5-12(11-13)18(23)24/h2-11,16,21H,1H3,(H,23,24)/t16-/m0/s1. The number of carboxylic acids is 1. The first-order valence-corrected chi connectivity index (χ1v) is 9.35. The van der Waals surface area contributed by atoms with Crippen molar-refractivity contribution in [2.75, 3.05) is 0 Å². The fourth-order valence-corrected chi connectivity index (χ4v) is 3.86. The second kappa shape index (κ2) is 7.29. The zero-order valence-corrected chi connectivity index (χ0v) is 15.0. The van der Waals surface area contributed by atoms with E-state index in [0.717, 1.165) is 6.07 Å². The number of rotatable bonds is 6. The van der Waals surface area contributed by atoms with Crippen LogP contribution in [0.5, 0.6) is 0 Å². The van der Waals surface area contributed by atoms with E-state index in [-0.39, 0.29) is 21.8 Å². The molecule has 1 atom stereocenters. The number of nitrogens with zero attached hydrogens (tertiary/aromatic N) is 2. The minimum Gasteiger partial charge on any atom is -0.478 e. The first kappa shape index (κ1) is 18.7. The molecule has 140 valence electrons. The van der Waals surface area contributed by atoms with Gasteiger partial charge in [-0.2, -0.15) is 4.72 Å². The maximum absolute atomic E-state index is 14.4. The molecule has 3 aromatic rings. The van der Waals surface area contributed by atoms with Gasteiger partial charge in [-0.3, -0.25) is 0 Å². The average Bonchev–Trinajstić information content (AvgIpc) is 3.06. The van der Waals surface area contributed by atoms with Gasteiger partial charge in [0.2, 0.25) is 10.0 Å². The Bertz CT molecular complexity index is 1100. The van der Waals surface area contributed by atoms with Crippen molar-refractivity contribution in [3.8, 4) is 0 Å². The second-order valence-corrected chi connectivity index (χ2v) is 7.52. The van der Waals surface area contributed by atoms with Gasteiger partial charge in [0.05, 0.1) is 10.5 Å². The lowest BCUT2D eigenvalue weighted by atomic mass is 10.1. The number of imidazole rings is 1. The van der Waals surface area contributed by atoms with Crippen LogP contribution in [0.4, 0.5) is 4.39 Å². The number of carbonyl (C=O) groups is 1. The summed E-state index contributed by atoms with van der Waals surface area (Å²) in [5, 5.41) is 9.08. The number of hydrogen-bond donors (Lipinski definition) is 2. The topological polar surface area (TPSA) is 101 Å². The first-order chi connectivity index (χ1) is 12.8. The van der Waals surface area contributed by atoms with Crippen LogP contribution in [-0.4, -0.2) is 29.0 Å². The molecule has 0 amide bonds. The van der Waals surface area contributed by atoms with E-state index >= 15 is 0 Å². The predicted octanol–water partition coefficient (Wildman–Crippen LogP) is 2.33. The van der Waals surface area contributed by atoms with E-state index in [1.165, 1.54) is 42.6 Å². The number of aryl methyl sites for hydroxylation is 1. The number of aromatic nitrogens is 2. The van der Waals surface area contributed by atoms with Crippen LogP contribution in [-0.2, 0) is 17.1 Å². The van der Waals surface area contributed by atoms with Gasteiger partial charge in [-0.1, -0.05) is 24.3 Å². The highest BCUT2D eigenvalue weighted by Gasteiger charge is 2.28. The highest BCUT2D eigenvalue weighted by atomic mass is 32.2. The molecule has 1 aromatic heterocycles. The van der Waals surface area contributed by atoms with E-state index < -0.39 is 27.9 Å². The van der Waals surface area contributed by atoms with Gasteiger partial charge < -0.3 is 9.67 Å². The van der Waals surface area contributed by atoms with Gasteiger partial charge in [-0.25, -0.2) is 22.6 Å². The van der Waals surface area contributed by atoms with Crippen LogP contribution in [0.2, 0.25) is 0 Å². The molecule has 27 heavy (non-hydrogen) atoms. The minimum absolute atomic E-state index is 0.102. The van der Waals surface area contributed by atoms with Gasteiger partial charge in [-0.05, 0) is 24.3 Å². The van der Waals surface area contributed by atoms with Crippen molar-refractivity contribution >= 4 is 16.0 Å². The van der Waals surface area contributed by atoms with Crippen molar-refractivity contribution in [1.29, 1.82) is 0 Å². The largest absolute Gasteiger partial charge is 0.478 e. The molecule has 0 bridgehead atoms. The van der Waals surface area contributed by atoms with Crippen molar-refractivity contribution in [3.05, 3.63) is 83.7 Å². The van der Waals surface area contributed by atoms with Gasteiger partial charge in [0, 0.05) is 25.0 Å². The zero-order valence-electron chi connectivity index (χ0n) is 14.2. The summed E-state index contributed by atoms with van der Waals surface area (Å²) < 4.78 is 44.1. The molecule has 0 fully saturated rings. The molecule has 2 N–H and O–H groups in total. The molecular formula is C18H16FN3O4S. The van der Waals surface area contributed by atoms with Gasteiger partial charge in [0.1, 0.15) is 17.7 Å². The molecule has 9 heteroatoms. The maximum atomic E-state index is 14.4. The number of aromatic carboxylic acids is 1. The minimum atomic E-state index is -4.16. The lowest BCUT2D eigenvalue weighted by Crippen LogP contribution is -2.32. The number of carboxylic acid groups (broad SMARTS) is 1. The molecule has 0 aliphatic heterocycles. The molecule has 0 aliphatic carbocycles. The van der Waals surface area contributed by atoms with Crippen molar-refractivity contribution in [2.24, 2.45) is 7.05 Å². The van der Waals surface area contributed by atoms with Gasteiger partial charge in [0.15, 0.2) is 0 Å². The number of nitrogens with one attached hydrogen (secondary N) is 1. The number of benzene rings is 2. The summed E-state index contributed by atoms with van der Waals surface area (Å²) in [6.45, 7) is 0. The molecule has 0 saturated heterocycles. The average molecular weight is 389 g/mol. The van der Waals surface area contributed by atoms with Gasteiger partial charge >= 0.3 is 5.97 Å². The number of halogens is 1. The lowest BCUT2D eigenvalue weighted by molar-refractivity contribution is 0.0696. The number of hydrogen-bond acceptors (Lipinski definition) is 4. The van der Waals surface area contributed by atoms with Crippen molar-refractivity contribution < 1.29 is 22.7 Å². The molecule has 0 unspecified atom stereocenters. The number of sulfonamides is 1. The van der Waals surface area contributed by atoms with Crippen LogP contribution in [0.3, 0.4) is 0 Å². The molecule has 1 heterocycles. The van der Waals surface area contributed by atoms with Crippen LogP contribution in [0.25, 0.3) is 0 Å². The molecule has 3 rings (SSSR count). The molecule has 2 aromatic carbocycles. The van der Waals surface area contributed by atoms with Crippen LogP contribution in [0, 0.1) is 5.82 Å². The Morgan fingerprint density at radius 2 is 1.96 bits per heavy atom. The van der Waals surface area contributed by atoms with Crippen LogP contribution in [0.1, 0.15) is 27.8 Å². The van der Waals surface area contributed by atoms with E-state index in [9.17, 15) is 17.6 Å². The van der Waals surface area contributed by atoms with Crippen LogP contribution < -0.4 is 4.72 Å². The summed E-state index contributed by atoms with van der Waals surface area (Å²) >= 11 is 0. The van der Waals surface area contributed by atoms with E-state index in [2.05, 4.69) is 9.71 Å². The highest BCUT2D eigenvalue weighted by Crippen LogP contribution is 2.25. The molecule has 7 nitrogen and oxygen atoms in total. The third kappa shape index (κ3) is 3.88. The highest BCUT2D eigenvalue weighted by molar-refractivity contribution is 7.89. The summed E-state index contributed by atoms with van der Waals surface area (Å²) in [4.78, 5) is 15.0. The molecule has 0 saturated carbocycles. The monoisotopic (exact) mass is 389 g/mol. The predicted molar refractivity (Wildman–Crippen MR) is 95.2 cm³/mol. The zero-order chi connectivity index (χ0) is 19.6. The van der Waals surface area contributed by atoms with Gasteiger partial charge in [-0.15, -0.1) is 0 Å². The first-order valence-electron chi connectivity index (χ1n) is 7.87. The van der Waals surface area contributed by atoms with E-state index in [0.29, 0.717) is 0 Å². The van der Waals surface area contributed by atoms with Gasteiger partial charge in [0.25, 0.3) is 0 Å². The SMILES string of the molecule is Cn1ccnc1[C@@H](NS(=O)(=O)c1cccc(C(=O)O)c1)c1ccccc1F. The summed E-state index contributed by atoms with van der Waals surface area (Å²) in [6.07, 6.45) is 3.09. The smallest absolute Gasteiger partial charge is 0.335 e. The van der Waals surface area contributed by atoms with Crippen LogP contribution in [0.15, 0.2) is 65.8 Å². The second-order valence-electron chi connectivity index (χ2n) is 5.81. The molecule has 0 spiro atoms. The van der Waals surface area contributed by atoms with Crippen molar-refractivity contribution in [2.45, 2.75) is 10.9 Å². The Kier molecular flexibility index (Phi) is 5.06. The maximum Gasteiger partial charge on any atom is 0.335 e. The Morgan fingerprint density at radius 3 is 2.59 bits per heavy atom. The van der Waals surface area contributed by atoms with Crippen molar-refractivity contribution in [1.82, 2.24) is 14.3 Å². The molecular weight excluding hydrogens is 373 g/mol. The quantitative estimate of drug-likeness (QED) is 0.674. The van der Waals surface area contributed by atoms with E-state index in [1.54, 1.807) is 23.9 Å². The molecule has 0 aliphatic rings. The normalized spacial score (nSPS) is 12.7. The molecule has 0 radical (unpaired) electrons. The van der Waals surface area contributed by atoms with E-state index in [4.69, 9.17) is 5.11 Å². The Balaban J connectivity index is 2.07. The summed E-state index contributed by atoms with van der Waals surface area (Å²) in [6, 6.07) is 9.62. The van der Waals surface area contributed by atoms with E-state index in [1.807, 2.05) is 0 Å². The Morgan fingerprint density at radius 1 is 1.22 bits per heavy atom. The summed E-state index contributed by atoms with van der Waals surface area (Å²) in [5.41, 5.74) is -0.0675. The lowest BCUT2D eigenvalue weighted by Gasteiger charge is -2.20. The van der Waals surface area contributed by atoms with Crippen molar-refractivity contribution in [3.63, 3.8) is 0 Å². The third-order valence-corrected chi connectivity index (χ3v) is 5.42. The Labute approximate surface area is 155 Å². The Hall–Kier alpha value is -3.04. The van der Waals surface area contributed by atoms with Crippen LogP contribution >= 0.6 is 0 Å². The summed E-state index contributed by atoms with van der Waals surface area (Å²) in [7, 11) is -2.49. The fraction of sp³-hybridized carbons (Fsp3) is 0.111. The summed E-state index contributed by atoms with van der Waals surface area (Å²) in [5.74, 6) is -1.55. The fourth-order valence-electron chi connectivity index (χ4n) is 2.64.